The highest BCUT2D eigenvalue weighted by Crippen LogP contribution is 2.03. The number of guanidine groups is 1. The second-order valence-corrected chi connectivity index (χ2v) is 4.66. The second-order valence-electron chi connectivity index (χ2n) is 4.66. The van der Waals surface area contributed by atoms with Crippen LogP contribution in [0, 0.1) is 0 Å². The van der Waals surface area contributed by atoms with Crippen molar-refractivity contribution in [3.63, 3.8) is 0 Å². The molecule has 0 aromatic heterocycles. The standard InChI is InChI=1S/C15H31N3O2/c1-4-12-17-15(16-5-2)18-13-10-8-7-9-11-14(19)20-6-3/h4-13H2,1-3H3,(H2,16,17,18). The lowest BCUT2D eigenvalue weighted by Crippen LogP contribution is -2.37. The predicted molar refractivity (Wildman–Crippen MR) is 84.0 cm³/mol. The molecule has 0 rings (SSSR count). The number of carbonyl (C=O) groups is 1. The maximum absolute atomic E-state index is 11.1. The smallest absolute Gasteiger partial charge is 0.305 e. The van der Waals surface area contributed by atoms with Crippen LogP contribution in [0.1, 0.15) is 59.3 Å². The Morgan fingerprint density at radius 3 is 2.45 bits per heavy atom. The van der Waals surface area contributed by atoms with Gasteiger partial charge in [-0.2, -0.15) is 0 Å². The van der Waals surface area contributed by atoms with Gasteiger partial charge in [-0.1, -0.05) is 19.8 Å². The van der Waals surface area contributed by atoms with Crippen molar-refractivity contribution in [1.82, 2.24) is 10.6 Å². The fourth-order valence-corrected chi connectivity index (χ4v) is 1.75. The number of nitrogens with zero attached hydrogens (tertiary/aromatic N) is 1. The molecule has 0 aliphatic heterocycles. The highest BCUT2D eigenvalue weighted by molar-refractivity contribution is 5.79. The highest BCUT2D eigenvalue weighted by Gasteiger charge is 2.01. The number of nitrogens with one attached hydrogen (secondary N) is 2. The van der Waals surface area contributed by atoms with Gasteiger partial charge in [0, 0.05) is 26.1 Å². The van der Waals surface area contributed by atoms with E-state index < -0.39 is 0 Å². The molecule has 0 atom stereocenters. The quantitative estimate of drug-likeness (QED) is 0.265. The molecule has 20 heavy (non-hydrogen) atoms. The van der Waals surface area contributed by atoms with Gasteiger partial charge in [0.15, 0.2) is 5.96 Å². The van der Waals surface area contributed by atoms with Crippen LogP contribution < -0.4 is 10.6 Å². The van der Waals surface area contributed by atoms with Crippen LogP contribution in [-0.4, -0.2) is 38.2 Å². The van der Waals surface area contributed by atoms with E-state index in [1.54, 1.807) is 0 Å². The molecule has 0 aliphatic carbocycles. The first-order valence-electron chi connectivity index (χ1n) is 7.92. The van der Waals surface area contributed by atoms with Gasteiger partial charge in [-0.15, -0.1) is 0 Å². The molecule has 2 N–H and O–H groups in total. The van der Waals surface area contributed by atoms with Gasteiger partial charge in [-0.25, -0.2) is 0 Å². The molecule has 0 unspecified atom stereocenters. The zero-order valence-corrected chi connectivity index (χ0v) is 13.3. The van der Waals surface area contributed by atoms with Crippen LogP contribution >= 0.6 is 0 Å². The van der Waals surface area contributed by atoms with Crippen LogP contribution in [0.4, 0.5) is 0 Å². The Kier molecular flexibility index (Phi) is 13.3. The van der Waals surface area contributed by atoms with E-state index in [1.807, 2.05) is 6.92 Å². The molecule has 118 valence electrons. The summed E-state index contributed by atoms with van der Waals surface area (Å²) in [5.41, 5.74) is 0. The number of ether oxygens (including phenoxy) is 1. The molecule has 0 fully saturated rings. The number of aliphatic imine (C=N–C) groups is 1. The molecule has 0 radical (unpaired) electrons. The van der Waals surface area contributed by atoms with Crippen molar-refractivity contribution in [3.05, 3.63) is 0 Å². The Morgan fingerprint density at radius 2 is 1.80 bits per heavy atom. The van der Waals surface area contributed by atoms with Crippen molar-refractivity contribution < 1.29 is 9.53 Å². The van der Waals surface area contributed by atoms with E-state index in [0.29, 0.717) is 13.0 Å². The minimum Gasteiger partial charge on any atom is -0.466 e. The fraction of sp³-hybridized carbons (Fsp3) is 0.867. The molecule has 0 saturated heterocycles. The molecule has 0 amide bonds. The molecule has 0 saturated carbocycles. The normalized spacial score (nSPS) is 11.2. The van der Waals surface area contributed by atoms with Crippen LogP contribution in [0.15, 0.2) is 4.99 Å². The number of carbonyl (C=O) groups excluding carboxylic acids is 1. The Hall–Kier alpha value is -1.26. The number of unbranched alkanes of at least 4 members (excludes halogenated alkanes) is 3. The van der Waals surface area contributed by atoms with Crippen LogP contribution in [0.5, 0.6) is 0 Å². The van der Waals surface area contributed by atoms with E-state index in [2.05, 4.69) is 29.5 Å². The zero-order valence-electron chi connectivity index (χ0n) is 13.3. The molecule has 5 nitrogen and oxygen atoms in total. The Balaban J connectivity index is 3.51. The van der Waals surface area contributed by atoms with Crippen LogP contribution in [0.3, 0.4) is 0 Å². The van der Waals surface area contributed by atoms with Gasteiger partial charge in [0.25, 0.3) is 0 Å². The summed E-state index contributed by atoms with van der Waals surface area (Å²) in [5.74, 6) is 0.827. The number of hydrogen-bond donors (Lipinski definition) is 2. The van der Waals surface area contributed by atoms with Gasteiger partial charge in [-0.3, -0.25) is 9.79 Å². The average Bonchev–Trinajstić information content (AvgIpc) is 2.43. The first-order chi connectivity index (χ1) is 9.74. The van der Waals surface area contributed by atoms with Crippen LogP contribution in [-0.2, 0) is 9.53 Å². The predicted octanol–water partition coefficient (Wildman–Crippen LogP) is 2.47. The maximum atomic E-state index is 11.1. The zero-order chi connectivity index (χ0) is 15.1. The largest absolute Gasteiger partial charge is 0.466 e. The van der Waals surface area contributed by atoms with Crippen molar-refractivity contribution in [2.75, 3.05) is 26.2 Å². The second kappa shape index (κ2) is 14.2. The minimum atomic E-state index is -0.0771. The third kappa shape index (κ3) is 11.8. The summed E-state index contributed by atoms with van der Waals surface area (Å²) >= 11 is 0. The molecule has 0 aromatic carbocycles. The first-order valence-corrected chi connectivity index (χ1v) is 7.92. The first kappa shape index (κ1) is 18.7. The number of rotatable bonds is 11. The van der Waals surface area contributed by atoms with E-state index in [-0.39, 0.29) is 5.97 Å². The monoisotopic (exact) mass is 285 g/mol. The lowest BCUT2D eigenvalue weighted by atomic mass is 10.1. The number of hydrogen-bond acceptors (Lipinski definition) is 3. The van der Waals surface area contributed by atoms with Gasteiger partial charge in [0.2, 0.25) is 0 Å². The summed E-state index contributed by atoms with van der Waals surface area (Å²) in [6.07, 6.45) is 5.82. The fourth-order valence-electron chi connectivity index (χ4n) is 1.75. The SMILES string of the molecule is CCCN=C(NCC)NCCCCCCC(=O)OCC. The Bertz CT molecular complexity index is 268. The van der Waals surface area contributed by atoms with Crippen molar-refractivity contribution in [1.29, 1.82) is 0 Å². The minimum absolute atomic E-state index is 0.0771. The summed E-state index contributed by atoms with van der Waals surface area (Å²) in [5, 5.41) is 6.55. The van der Waals surface area contributed by atoms with Gasteiger partial charge >= 0.3 is 5.97 Å². The van der Waals surface area contributed by atoms with Crippen molar-refractivity contribution in [2.45, 2.75) is 59.3 Å². The molecule has 0 aromatic rings. The third-order valence-electron chi connectivity index (χ3n) is 2.74. The molecule has 0 bridgehead atoms. The lowest BCUT2D eigenvalue weighted by Gasteiger charge is -2.10. The van der Waals surface area contributed by atoms with Gasteiger partial charge < -0.3 is 15.4 Å². The molecule has 0 aliphatic rings. The molecular formula is C15H31N3O2. The third-order valence-corrected chi connectivity index (χ3v) is 2.74. The molecular weight excluding hydrogens is 254 g/mol. The summed E-state index contributed by atoms with van der Waals surface area (Å²) in [4.78, 5) is 15.6. The van der Waals surface area contributed by atoms with Gasteiger partial charge in [-0.05, 0) is 33.1 Å². The van der Waals surface area contributed by atoms with Gasteiger partial charge in [0.1, 0.15) is 0 Å². The van der Waals surface area contributed by atoms with Crippen molar-refractivity contribution >= 4 is 11.9 Å². The van der Waals surface area contributed by atoms with Crippen molar-refractivity contribution in [2.24, 2.45) is 4.99 Å². The van der Waals surface area contributed by atoms with Crippen molar-refractivity contribution in [3.8, 4) is 0 Å². The maximum Gasteiger partial charge on any atom is 0.305 e. The van der Waals surface area contributed by atoms with Crippen LogP contribution in [0.25, 0.3) is 0 Å². The Morgan fingerprint density at radius 1 is 1.05 bits per heavy atom. The van der Waals surface area contributed by atoms with E-state index >= 15 is 0 Å². The lowest BCUT2D eigenvalue weighted by molar-refractivity contribution is -0.143. The van der Waals surface area contributed by atoms with E-state index in [0.717, 1.165) is 57.7 Å². The summed E-state index contributed by atoms with van der Waals surface area (Å²) in [7, 11) is 0. The Labute approximate surface area is 123 Å². The molecule has 0 spiro atoms. The van der Waals surface area contributed by atoms with Crippen LogP contribution in [0.2, 0.25) is 0 Å². The van der Waals surface area contributed by atoms with E-state index in [9.17, 15) is 4.79 Å². The topological polar surface area (TPSA) is 62.7 Å². The number of esters is 1. The average molecular weight is 285 g/mol. The van der Waals surface area contributed by atoms with E-state index in [4.69, 9.17) is 4.74 Å². The summed E-state index contributed by atoms with van der Waals surface area (Å²) < 4.78 is 4.89. The highest BCUT2D eigenvalue weighted by atomic mass is 16.5. The van der Waals surface area contributed by atoms with E-state index in [1.165, 1.54) is 0 Å². The summed E-state index contributed by atoms with van der Waals surface area (Å²) in [6.45, 7) is 9.17. The van der Waals surface area contributed by atoms with Gasteiger partial charge in [0.05, 0.1) is 6.61 Å². The molecule has 0 heterocycles. The summed E-state index contributed by atoms with van der Waals surface area (Å²) in [6, 6.07) is 0. The molecule has 5 heteroatoms.